The fourth-order valence-electron chi connectivity index (χ4n) is 3.38. The van der Waals surface area contributed by atoms with E-state index in [2.05, 4.69) is 9.97 Å². The third-order valence-corrected chi connectivity index (χ3v) is 5.76. The molecule has 0 saturated heterocycles. The SMILES string of the molecule is NS(=O)(=O)c1ncc(C(=O)N2CCc3cc(Oc4ccc(C(F)(F)F)cc4F)ccc3C2)[nH]1. The predicted octanol–water partition coefficient (Wildman–Crippen LogP) is 3.21. The summed E-state index contributed by atoms with van der Waals surface area (Å²) in [6.45, 7) is 0.514. The molecule has 3 N–H and O–H groups in total. The van der Waals surface area contributed by atoms with Crippen LogP contribution in [0.15, 0.2) is 47.8 Å². The number of rotatable bonds is 4. The summed E-state index contributed by atoms with van der Waals surface area (Å²) in [5.74, 6) is -1.72. The van der Waals surface area contributed by atoms with Gasteiger partial charge in [0.15, 0.2) is 11.6 Å². The number of fused-ring (bicyclic) bond motifs is 1. The highest BCUT2D eigenvalue weighted by Crippen LogP contribution is 2.34. The Morgan fingerprint density at radius 1 is 1.15 bits per heavy atom. The Bertz CT molecular complexity index is 1340. The van der Waals surface area contributed by atoms with Gasteiger partial charge in [-0.05, 0) is 47.9 Å². The van der Waals surface area contributed by atoms with Gasteiger partial charge in [0.1, 0.15) is 11.4 Å². The maximum absolute atomic E-state index is 14.1. The van der Waals surface area contributed by atoms with Crippen LogP contribution in [0.4, 0.5) is 17.6 Å². The number of hydrogen-bond acceptors (Lipinski definition) is 5. The fourth-order valence-corrected chi connectivity index (χ4v) is 3.83. The van der Waals surface area contributed by atoms with Gasteiger partial charge in [0.2, 0.25) is 5.16 Å². The van der Waals surface area contributed by atoms with E-state index in [0.717, 1.165) is 29.5 Å². The van der Waals surface area contributed by atoms with Gasteiger partial charge in [-0.25, -0.2) is 22.9 Å². The molecule has 33 heavy (non-hydrogen) atoms. The van der Waals surface area contributed by atoms with E-state index in [9.17, 15) is 30.8 Å². The van der Waals surface area contributed by atoms with Crippen LogP contribution in [0.5, 0.6) is 11.5 Å². The van der Waals surface area contributed by atoms with Crippen LogP contribution in [-0.2, 0) is 29.2 Å². The first-order valence-electron chi connectivity index (χ1n) is 9.45. The zero-order valence-corrected chi connectivity index (χ0v) is 17.5. The number of imidazole rings is 1. The zero-order chi connectivity index (χ0) is 24.0. The number of nitrogens with zero attached hydrogens (tertiary/aromatic N) is 2. The van der Waals surface area contributed by atoms with E-state index >= 15 is 0 Å². The molecule has 0 radical (unpaired) electrons. The molecule has 0 unspecified atom stereocenters. The molecule has 1 aromatic heterocycles. The Kier molecular flexibility index (Phi) is 5.62. The number of ether oxygens (including phenoxy) is 1. The van der Waals surface area contributed by atoms with Crippen molar-refractivity contribution in [1.82, 2.24) is 14.9 Å². The maximum atomic E-state index is 14.1. The van der Waals surface area contributed by atoms with Crippen molar-refractivity contribution >= 4 is 15.9 Å². The highest BCUT2D eigenvalue weighted by atomic mass is 32.2. The van der Waals surface area contributed by atoms with Gasteiger partial charge in [-0.3, -0.25) is 4.79 Å². The second-order valence-corrected chi connectivity index (χ2v) is 8.78. The Labute approximate surface area is 185 Å². The van der Waals surface area contributed by atoms with Crippen LogP contribution in [0.25, 0.3) is 0 Å². The number of halogens is 4. The molecule has 0 atom stereocenters. The monoisotopic (exact) mass is 484 g/mol. The minimum atomic E-state index is -4.66. The van der Waals surface area contributed by atoms with Crippen LogP contribution in [-0.4, -0.2) is 35.7 Å². The summed E-state index contributed by atoms with van der Waals surface area (Å²) in [5.41, 5.74) is 0.455. The van der Waals surface area contributed by atoms with Crippen LogP contribution < -0.4 is 9.88 Å². The van der Waals surface area contributed by atoms with Crippen molar-refractivity contribution in [2.45, 2.75) is 24.3 Å². The van der Waals surface area contributed by atoms with Gasteiger partial charge in [-0.2, -0.15) is 13.2 Å². The average Bonchev–Trinajstić information content (AvgIpc) is 3.24. The first-order valence-corrected chi connectivity index (χ1v) is 11.0. The van der Waals surface area contributed by atoms with Crippen molar-refractivity contribution in [1.29, 1.82) is 0 Å². The van der Waals surface area contributed by atoms with Crippen molar-refractivity contribution in [2.75, 3.05) is 6.54 Å². The van der Waals surface area contributed by atoms with E-state index in [1.165, 1.54) is 11.0 Å². The maximum Gasteiger partial charge on any atom is 0.416 e. The smallest absolute Gasteiger partial charge is 0.416 e. The summed E-state index contributed by atoms with van der Waals surface area (Å²) in [6, 6.07) is 6.82. The minimum absolute atomic E-state index is 0.0276. The van der Waals surface area contributed by atoms with Gasteiger partial charge < -0.3 is 14.6 Å². The number of benzene rings is 2. The lowest BCUT2D eigenvalue weighted by Crippen LogP contribution is -2.36. The van der Waals surface area contributed by atoms with Crippen molar-refractivity contribution in [3.05, 3.63) is 70.8 Å². The molecule has 0 aliphatic carbocycles. The number of sulfonamides is 1. The van der Waals surface area contributed by atoms with Crippen molar-refractivity contribution in [3.63, 3.8) is 0 Å². The first-order chi connectivity index (χ1) is 15.4. The third kappa shape index (κ3) is 4.83. The quantitative estimate of drug-likeness (QED) is 0.552. The summed E-state index contributed by atoms with van der Waals surface area (Å²) < 4.78 is 80.2. The van der Waals surface area contributed by atoms with E-state index in [4.69, 9.17) is 9.88 Å². The molecule has 1 amide bonds. The number of nitrogens with one attached hydrogen (secondary N) is 1. The molecule has 13 heteroatoms. The second kappa shape index (κ2) is 8.15. The highest BCUT2D eigenvalue weighted by molar-refractivity contribution is 7.89. The lowest BCUT2D eigenvalue weighted by Gasteiger charge is -2.28. The van der Waals surface area contributed by atoms with Gasteiger partial charge >= 0.3 is 6.18 Å². The predicted molar refractivity (Wildman–Crippen MR) is 106 cm³/mol. The summed E-state index contributed by atoms with van der Waals surface area (Å²) in [5, 5.41) is 4.47. The van der Waals surface area contributed by atoms with E-state index in [0.29, 0.717) is 19.0 Å². The molecule has 0 bridgehead atoms. The molecule has 174 valence electrons. The number of nitrogens with two attached hydrogens (primary N) is 1. The number of hydrogen-bond donors (Lipinski definition) is 2. The van der Waals surface area contributed by atoms with Gasteiger partial charge in [0.05, 0.1) is 11.8 Å². The zero-order valence-electron chi connectivity index (χ0n) is 16.7. The molecule has 1 aliphatic rings. The number of carbonyl (C=O) groups excluding carboxylic acids is 1. The standard InChI is InChI=1S/C20H16F4N4O4S/c21-15-8-13(20(22,23)24)2-4-17(15)32-14-3-1-12-10-28(6-5-11(12)7-14)18(29)16-9-26-19(27-16)33(25,30)31/h1-4,7-9H,5-6,10H2,(H,26,27)(H2,25,30,31). The summed E-state index contributed by atoms with van der Waals surface area (Å²) in [6.07, 6.45) is -3.15. The Balaban J connectivity index is 1.48. The van der Waals surface area contributed by atoms with Crippen LogP contribution in [0.1, 0.15) is 27.2 Å². The van der Waals surface area contributed by atoms with Crippen LogP contribution in [0, 0.1) is 5.82 Å². The number of primary sulfonamides is 1. The molecular formula is C20H16F4N4O4S. The molecule has 0 saturated carbocycles. The molecule has 2 heterocycles. The van der Waals surface area contributed by atoms with Crippen molar-refractivity contribution < 1.29 is 35.5 Å². The number of H-pyrrole nitrogens is 1. The lowest BCUT2D eigenvalue weighted by molar-refractivity contribution is -0.137. The van der Waals surface area contributed by atoms with Gasteiger partial charge in [-0.15, -0.1) is 0 Å². The van der Waals surface area contributed by atoms with Crippen molar-refractivity contribution in [3.8, 4) is 11.5 Å². The minimum Gasteiger partial charge on any atom is -0.454 e. The largest absolute Gasteiger partial charge is 0.454 e. The van der Waals surface area contributed by atoms with Crippen LogP contribution in [0.3, 0.4) is 0 Å². The molecule has 0 spiro atoms. The molecule has 4 rings (SSSR count). The number of carbonyl (C=O) groups is 1. The number of aromatic nitrogens is 2. The number of alkyl halides is 3. The summed E-state index contributed by atoms with van der Waals surface area (Å²) in [7, 11) is -4.07. The van der Waals surface area contributed by atoms with E-state index in [-0.39, 0.29) is 23.7 Å². The molecule has 1 aliphatic heterocycles. The Morgan fingerprint density at radius 2 is 1.91 bits per heavy atom. The van der Waals surface area contributed by atoms with Gasteiger partial charge in [0, 0.05) is 13.1 Å². The van der Waals surface area contributed by atoms with Crippen LogP contribution >= 0.6 is 0 Å². The summed E-state index contributed by atoms with van der Waals surface area (Å²) >= 11 is 0. The van der Waals surface area contributed by atoms with E-state index < -0.39 is 38.6 Å². The average molecular weight is 484 g/mol. The van der Waals surface area contributed by atoms with E-state index in [1.54, 1.807) is 12.1 Å². The number of aromatic amines is 1. The highest BCUT2D eigenvalue weighted by Gasteiger charge is 2.31. The first kappa shape index (κ1) is 22.7. The molecule has 8 nitrogen and oxygen atoms in total. The normalized spacial score (nSPS) is 14.2. The fraction of sp³-hybridized carbons (Fsp3) is 0.200. The lowest BCUT2D eigenvalue weighted by atomic mass is 9.99. The van der Waals surface area contributed by atoms with E-state index in [1.807, 2.05) is 0 Å². The van der Waals surface area contributed by atoms with Crippen molar-refractivity contribution in [2.24, 2.45) is 5.14 Å². The van der Waals surface area contributed by atoms with Crippen LogP contribution in [0.2, 0.25) is 0 Å². The molecule has 2 aromatic carbocycles. The topological polar surface area (TPSA) is 118 Å². The number of amides is 1. The molecular weight excluding hydrogens is 468 g/mol. The third-order valence-electron chi connectivity index (χ3n) is 5.02. The van der Waals surface area contributed by atoms with Gasteiger partial charge in [-0.1, -0.05) is 6.07 Å². The Morgan fingerprint density at radius 3 is 2.55 bits per heavy atom. The second-order valence-electron chi connectivity index (χ2n) is 7.30. The molecule has 3 aromatic rings. The summed E-state index contributed by atoms with van der Waals surface area (Å²) in [4.78, 5) is 20.1. The van der Waals surface area contributed by atoms with Gasteiger partial charge in [0.25, 0.3) is 15.9 Å². The molecule has 0 fully saturated rings. The Hall–Kier alpha value is -3.45.